The number of benzene rings is 1. The van der Waals surface area contributed by atoms with Gasteiger partial charge in [-0.15, -0.1) is 0 Å². The van der Waals surface area contributed by atoms with Crippen LogP contribution in [0.5, 0.6) is 0 Å². The smallest absolute Gasteiger partial charge is 0.228 e. The fraction of sp³-hybridized carbons (Fsp3) is 0.429. The van der Waals surface area contributed by atoms with Crippen LogP contribution in [0, 0.1) is 6.92 Å². The van der Waals surface area contributed by atoms with Crippen molar-refractivity contribution >= 4 is 28.5 Å². The molecule has 5 heteroatoms. The van der Waals surface area contributed by atoms with Gasteiger partial charge in [-0.1, -0.05) is 30.0 Å². The van der Waals surface area contributed by atoms with Gasteiger partial charge < -0.3 is 10.0 Å². The number of aliphatic hydroxyl groups excluding tert-OH is 1. The number of rotatable bonds is 3. The Kier molecular flexibility index (Phi) is 4.27. The molecule has 1 aromatic carbocycles. The summed E-state index contributed by atoms with van der Waals surface area (Å²) in [4.78, 5) is 24.9. The van der Waals surface area contributed by atoms with Crippen LogP contribution in [-0.4, -0.2) is 27.9 Å². The van der Waals surface area contributed by atoms with E-state index in [1.54, 1.807) is 4.90 Å². The fourth-order valence-electron chi connectivity index (χ4n) is 2.44. The van der Waals surface area contributed by atoms with E-state index >= 15 is 0 Å². The molecule has 1 aromatic rings. The number of thioether (sulfide) groups is 1. The Morgan fingerprint density at radius 3 is 2.89 bits per heavy atom. The van der Waals surface area contributed by atoms with Crippen molar-refractivity contribution in [3.8, 4) is 0 Å². The zero-order valence-corrected chi connectivity index (χ0v) is 11.9. The highest BCUT2D eigenvalue weighted by molar-refractivity contribution is 8.14. The third-order valence-corrected chi connectivity index (χ3v) is 4.16. The number of carbonyl (C=O) groups excluding carboxylic acids is 2. The molecule has 1 saturated heterocycles. The first-order valence-electron chi connectivity index (χ1n) is 6.20. The van der Waals surface area contributed by atoms with Gasteiger partial charge in [0.15, 0.2) is 5.12 Å². The Morgan fingerprint density at radius 1 is 1.53 bits per heavy atom. The van der Waals surface area contributed by atoms with E-state index in [-0.39, 0.29) is 22.9 Å². The Balaban J connectivity index is 2.28. The summed E-state index contributed by atoms with van der Waals surface area (Å²) in [7, 11) is 0. The van der Waals surface area contributed by atoms with Gasteiger partial charge >= 0.3 is 0 Å². The molecule has 1 unspecified atom stereocenters. The predicted molar refractivity (Wildman–Crippen MR) is 76.1 cm³/mol. The first-order chi connectivity index (χ1) is 9.02. The van der Waals surface area contributed by atoms with E-state index in [1.807, 2.05) is 25.1 Å². The monoisotopic (exact) mass is 279 g/mol. The molecule has 1 atom stereocenters. The summed E-state index contributed by atoms with van der Waals surface area (Å²) >= 11 is 1.22. The van der Waals surface area contributed by atoms with Crippen LogP contribution in [0.3, 0.4) is 0 Å². The Bertz CT molecular complexity index is 515. The largest absolute Gasteiger partial charge is 0.392 e. The number of nitrogens with zero attached hydrogens (tertiary/aromatic N) is 1. The highest BCUT2D eigenvalue weighted by atomic mass is 32.2. The van der Waals surface area contributed by atoms with Crippen molar-refractivity contribution in [2.75, 3.05) is 11.4 Å². The molecule has 0 aliphatic carbocycles. The highest BCUT2D eigenvalue weighted by Gasteiger charge is 2.33. The lowest BCUT2D eigenvalue weighted by Gasteiger charge is -2.22. The second-order valence-corrected chi connectivity index (χ2v) is 6.16. The first-order valence-corrected chi connectivity index (χ1v) is 7.08. The van der Waals surface area contributed by atoms with Crippen molar-refractivity contribution in [3.05, 3.63) is 29.3 Å². The molecule has 1 heterocycles. The maximum Gasteiger partial charge on any atom is 0.228 e. The molecule has 19 heavy (non-hydrogen) atoms. The number of anilines is 1. The zero-order valence-electron chi connectivity index (χ0n) is 11.0. The lowest BCUT2D eigenvalue weighted by Crippen LogP contribution is -2.27. The van der Waals surface area contributed by atoms with Crippen molar-refractivity contribution in [1.29, 1.82) is 0 Å². The summed E-state index contributed by atoms with van der Waals surface area (Å²) in [5.74, 6) is 0.0164. The van der Waals surface area contributed by atoms with Gasteiger partial charge in [0.2, 0.25) is 5.91 Å². The van der Waals surface area contributed by atoms with E-state index in [1.165, 1.54) is 18.7 Å². The molecule has 0 radical (unpaired) electrons. The van der Waals surface area contributed by atoms with Crippen molar-refractivity contribution in [2.45, 2.75) is 32.1 Å². The van der Waals surface area contributed by atoms with Crippen LogP contribution in [0.25, 0.3) is 0 Å². The van der Waals surface area contributed by atoms with Crippen molar-refractivity contribution in [3.63, 3.8) is 0 Å². The van der Waals surface area contributed by atoms with E-state index < -0.39 is 0 Å². The van der Waals surface area contributed by atoms with Crippen LogP contribution in [0.4, 0.5) is 5.69 Å². The molecular weight excluding hydrogens is 262 g/mol. The Morgan fingerprint density at radius 2 is 2.26 bits per heavy atom. The maximum absolute atomic E-state index is 12.1. The minimum atomic E-state index is -0.0920. The van der Waals surface area contributed by atoms with Gasteiger partial charge in [0.1, 0.15) is 0 Å². The summed E-state index contributed by atoms with van der Waals surface area (Å²) in [6.07, 6.45) is 0.378. The van der Waals surface area contributed by atoms with E-state index in [0.717, 1.165) is 16.8 Å². The Hall–Kier alpha value is -1.33. The van der Waals surface area contributed by atoms with Gasteiger partial charge in [-0.3, -0.25) is 9.59 Å². The van der Waals surface area contributed by atoms with E-state index in [9.17, 15) is 14.7 Å². The predicted octanol–water partition coefficient (Wildman–Crippen LogP) is 1.87. The summed E-state index contributed by atoms with van der Waals surface area (Å²) in [5.41, 5.74) is 2.51. The molecule has 0 saturated carbocycles. The van der Waals surface area contributed by atoms with Crippen molar-refractivity contribution in [1.82, 2.24) is 0 Å². The molecule has 102 valence electrons. The number of hydrogen-bond acceptors (Lipinski definition) is 4. The fourth-order valence-corrected chi connectivity index (χ4v) is 3.36. The first kappa shape index (κ1) is 14.1. The summed E-state index contributed by atoms with van der Waals surface area (Å²) in [6, 6.07) is 5.61. The Labute approximate surface area is 116 Å². The minimum absolute atomic E-state index is 0.0103. The van der Waals surface area contributed by atoms with Gasteiger partial charge in [0.25, 0.3) is 0 Å². The van der Waals surface area contributed by atoms with Gasteiger partial charge in [0, 0.05) is 30.7 Å². The van der Waals surface area contributed by atoms with Crippen LogP contribution >= 0.6 is 11.8 Å². The molecule has 0 bridgehead atoms. The van der Waals surface area contributed by atoms with Gasteiger partial charge in [0.05, 0.1) is 12.3 Å². The number of para-hydroxylation sites is 1. The molecule has 1 N–H and O–H groups in total. The van der Waals surface area contributed by atoms with E-state index in [0.29, 0.717) is 13.0 Å². The minimum Gasteiger partial charge on any atom is -0.392 e. The van der Waals surface area contributed by atoms with Crippen LogP contribution < -0.4 is 4.90 Å². The van der Waals surface area contributed by atoms with Crippen LogP contribution in [0.15, 0.2) is 18.2 Å². The molecule has 0 aromatic heterocycles. The molecule has 4 nitrogen and oxygen atoms in total. The third kappa shape index (κ3) is 2.98. The standard InChI is InChI=1S/C14H17NO3S/c1-9-4-3-5-11(8-16)14(9)15-7-12(6-13(15)18)19-10(2)17/h3-5,12,16H,6-8H2,1-2H3. The molecule has 1 amide bonds. The average molecular weight is 279 g/mol. The van der Waals surface area contributed by atoms with Crippen molar-refractivity contribution < 1.29 is 14.7 Å². The number of amides is 1. The lowest BCUT2D eigenvalue weighted by atomic mass is 10.1. The number of carbonyl (C=O) groups is 2. The van der Waals surface area contributed by atoms with E-state index in [4.69, 9.17) is 0 Å². The van der Waals surface area contributed by atoms with Gasteiger partial charge in [-0.05, 0) is 12.5 Å². The zero-order chi connectivity index (χ0) is 14.0. The third-order valence-electron chi connectivity index (χ3n) is 3.18. The normalized spacial score (nSPS) is 19.0. The maximum atomic E-state index is 12.1. The SMILES string of the molecule is CC(=O)SC1CC(=O)N(c2c(C)cccc2CO)C1. The molecule has 1 aliphatic rings. The highest BCUT2D eigenvalue weighted by Crippen LogP contribution is 2.33. The van der Waals surface area contributed by atoms with Crippen molar-refractivity contribution in [2.24, 2.45) is 0 Å². The number of aryl methyl sites for hydroxylation is 1. The summed E-state index contributed by atoms with van der Waals surface area (Å²) in [6.45, 7) is 3.88. The second-order valence-electron chi connectivity index (χ2n) is 4.68. The van der Waals surface area contributed by atoms with Gasteiger partial charge in [-0.25, -0.2) is 0 Å². The number of hydrogen-bond donors (Lipinski definition) is 1. The number of aliphatic hydroxyl groups is 1. The molecule has 0 spiro atoms. The van der Waals surface area contributed by atoms with Crippen LogP contribution in [0.2, 0.25) is 0 Å². The topological polar surface area (TPSA) is 57.6 Å². The molecule has 1 fully saturated rings. The average Bonchev–Trinajstić information content (AvgIpc) is 2.68. The quantitative estimate of drug-likeness (QED) is 0.917. The second kappa shape index (κ2) is 5.75. The van der Waals surface area contributed by atoms with Crippen LogP contribution in [-0.2, 0) is 16.2 Å². The summed E-state index contributed by atoms with van der Waals surface area (Å²) < 4.78 is 0. The summed E-state index contributed by atoms with van der Waals surface area (Å²) in [5, 5.41) is 9.45. The van der Waals surface area contributed by atoms with Gasteiger partial charge in [-0.2, -0.15) is 0 Å². The molecular formula is C14H17NO3S. The van der Waals surface area contributed by atoms with E-state index in [2.05, 4.69) is 0 Å². The molecule has 1 aliphatic heterocycles. The molecule has 2 rings (SSSR count). The van der Waals surface area contributed by atoms with Crippen LogP contribution in [0.1, 0.15) is 24.5 Å². The lowest BCUT2D eigenvalue weighted by molar-refractivity contribution is -0.117.